The zero-order valence-corrected chi connectivity index (χ0v) is 28.9. The summed E-state index contributed by atoms with van der Waals surface area (Å²) in [5.41, 5.74) is 7.40. The summed E-state index contributed by atoms with van der Waals surface area (Å²) in [5.74, 6) is 0.478. The number of nitrogens with zero attached hydrogens (tertiary/aromatic N) is 4. The van der Waals surface area contributed by atoms with Gasteiger partial charge in [-0.25, -0.2) is 0 Å². The summed E-state index contributed by atoms with van der Waals surface area (Å²) < 4.78 is 1.03. The monoisotopic (exact) mass is 658 g/mol. The molecule has 0 amide bonds. The Labute approximate surface area is 281 Å². The Morgan fingerprint density at radius 3 is 1.53 bits per heavy atom. The molecule has 1 N–H and O–H groups in total. The van der Waals surface area contributed by atoms with Gasteiger partial charge in [0.15, 0.2) is 0 Å². The van der Waals surface area contributed by atoms with Crippen LogP contribution in [0.3, 0.4) is 0 Å². The highest BCUT2D eigenvalue weighted by Crippen LogP contribution is 2.39. The molecule has 3 heterocycles. The van der Waals surface area contributed by atoms with E-state index in [1.807, 2.05) is 10.3 Å². The van der Waals surface area contributed by atoms with Crippen molar-refractivity contribution in [2.45, 2.75) is 52.4 Å². The number of unbranched alkanes of at least 4 members (excludes halogenated alkanes) is 1. The minimum atomic E-state index is 0.478. The molecule has 0 aliphatic carbocycles. The van der Waals surface area contributed by atoms with E-state index in [0.29, 0.717) is 5.75 Å². The highest BCUT2D eigenvalue weighted by molar-refractivity contribution is 7.80. The molecule has 2 aliphatic heterocycles. The van der Waals surface area contributed by atoms with Crippen molar-refractivity contribution in [2.24, 2.45) is 0 Å². The van der Waals surface area contributed by atoms with Gasteiger partial charge in [-0.1, -0.05) is 107 Å². The second-order valence-electron chi connectivity index (χ2n) is 12.6. The molecule has 238 valence electrons. The van der Waals surface area contributed by atoms with Crippen molar-refractivity contribution < 1.29 is 5.11 Å². The molecule has 0 spiro atoms. The molecule has 0 bridgehead atoms. The normalized spacial score (nSPS) is 17.2. The molecule has 1 aromatic heterocycles. The molecule has 2 aliphatic rings. The lowest BCUT2D eigenvalue weighted by atomic mass is 9.98. The second kappa shape index (κ2) is 15.9. The van der Waals surface area contributed by atoms with Gasteiger partial charge in [-0.05, 0) is 47.2 Å². The summed E-state index contributed by atoms with van der Waals surface area (Å²) in [6, 6.07) is 26.1. The molecule has 6 rings (SSSR count). The van der Waals surface area contributed by atoms with Crippen LogP contribution >= 0.6 is 32.9 Å². The Morgan fingerprint density at radius 1 is 0.644 bits per heavy atom. The maximum absolute atomic E-state index is 11.7. The van der Waals surface area contributed by atoms with E-state index < -0.39 is 0 Å². The summed E-state index contributed by atoms with van der Waals surface area (Å²) in [7, 11) is 3.54. The minimum Gasteiger partial charge on any atom is -0.507 e. The van der Waals surface area contributed by atoms with Crippen molar-refractivity contribution in [1.82, 2.24) is 19.6 Å². The van der Waals surface area contributed by atoms with Crippen LogP contribution in [0.5, 0.6) is 5.75 Å². The van der Waals surface area contributed by atoms with E-state index in [1.54, 1.807) is 10.3 Å². The maximum atomic E-state index is 11.7. The van der Waals surface area contributed by atoms with Crippen LogP contribution in [0.4, 0.5) is 0 Å². The first-order chi connectivity index (χ1) is 22.1. The summed E-state index contributed by atoms with van der Waals surface area (Å²) in [6.07, 6.45) is 3.34. The first kappa shape index (κ1) is 32.5. The van der Waals surface area contributed by atoms with E-state index >= 15 is 0 Å². The molecule has 0 radical (unpaired) electrons. The Morgan fingerprint density at radius 2 is 1.09 bits per heavy atom. The van der Waals surface area contributed by atoms with E-state index in [0.717, 1.165) is 113 Å². The topological polar surface area (TPSA) is 33.2 Å². The Kier molecular flexibility index (Phi) is 11.5. The number of aromatic hydroxyl groups is 1. The van der Waals surface area contributed by atoms with Crippen molar-refractivity contribution in [3.8, 4) is 16.2 Å². The van der Waals surface area contributed by atoms with Crippen LogP contribution in [0.1, 0.15) is 47.6 Å². The largest absolute Gasteiger partial charge is 0.507 e. The fourth-order valence-electron chi connectivity index (χ4n) is 6.57. The Bertz CT molecular complexity index is 1470. The number of phenols is 1. The SMILES string of the molecule is CCCCc1c(-c2cc(CN3CCN(Cc4ccccc4)CC3)c(O)c(CN3CCN(Cc4ccccc4)CC3)c2)ssc1=S. The van der Waals surface area contributed by atoms with Gasteiger partial charge in [-0.15, -0.1) is 0 Å². The van der Waals surface area contributed by atoms with E-state index in [-0.39, 0.29) is 0 Å². The molecular formula is C37H46N4OS3. The van der Waals surface area contributed by atoms with Crippen molar-refractivity contribution in [3.63, 3.8) is 0 Å². The van der Waals surface area contributed by atoms with Crippen molar-refractivity contribution in [2.75, 3.05) is 52.4 Å². The van der Waals surface area contributed by atoms with E-state index in [1.165, 1.54) is 27.1 Å². The van der Waals surface area contributed by atoms with Crippen LogP contribution in [0, 0.1) is 3.82 Å². The van der Waals surface area contributed by atoms with E-state index in [2.05, 4.69) is 99.3 Å². The van der Waals surface area contributed by atoms with Crippen LogP contribution in [-0.2, 0) is 32.6 Å². The first-order valence-corrected chi connectivity index (χ1v) is 19.1. The summed E-state index contributed by atoms with van der Waals surface area (Å²) in [4.78, 5) is 11.4. The van der Waals surface area contributed by atoms with Gasteiger partial charge in [0.1, 0.15) is 9.57 Å². The number of piperazine rings is 2. The molecule has 0 unspecified atom stereocenters. The lowest BCUT2D eigenvalue weighted by molar-refractivity contribution is 0.119. The fourth-order valence-corrected chi connectivity index (χ4v) is 9.56. The van der Waals surface area contributed by atoms with Gasteiger partial charge in [-0.3, -0.25) is 19.6 Å². The second-order valence-corrected chi connectivity index (χ2v) is 15.4. The molecule has 4 aromatic rings. The zero-order valence-electron chi connectivity index (χ0n) is 26.5. The predicted octanol–water partition coefficient (Wildman–Crippen LogP) is 7.89. The highest BCUT2D eigenvalue weighted by atomic mass is 32.9. The maximum Gasteiger partial charge on any atom is 0.124 e. The van der Waals surface area contributed by atoms with Crippen LogP contribution < -0.4 is 0 Å². The number of benzene rings is 3. The highest BCUT2D eigenvalue weighted by Gasteiger charge is 2.23. The van der Waals surface area contributed by atoms with Crippen molar-refractivity contribution >= 4 is 32.9 Å². The number of hydrogen-bond acceptors (Lipinski definition) is 8. The quantitative estimate of drug-likeness (QED) is 0.123. The lowest BCUT2D eigenvalue weighted by Gasteiger charge is -2.36. The van der Waals surface area contributed by atoms with Gasteiger partial charge in [0.25, 0.3) is 0 Å². The molecule has 2 fully saturated rings. The third kappa shape index (κ3) is 8.69. The average Bonchev–Trinajstić information content (AvgIpc) is 3.44. The minimum absolute atomic E-state index is 0.478. The van der Waals surface area contributed by atoms with Crippen molar-refractivity contribution in [3.05, 3.63) is 104 Å². The predicted molar refractivity (Wildman–Crippen MR) is 193 cm³/mol. The summed E-state index contributed by atoms with van der Waals surface area (Å²) >= 11 is 5.81. The third-order valence-corrected chi connectivity index (χ3v) is 12.4. The number of rotatable bonds is 12. The Hall–Kier alpha value is -2.43. The van der Waals surface area contributed by atoms with Crippen LogP contribution in [0.25, 0.3) is 10.4 Å². The van der Waals surface area contributed by atoms with Gasteiger partial charge >= 0.3 is 0 Å². The Balaban J connectivity index is 1.17. The first-order valence-electron chi connectivity index (χ1n) is 16.5. The lowest BCUT2D eigenvalue weighted by Crippen LogP contribution is -2.45. The molecule has 5 nitrogen and oxygen atoms in total. The van der Waals surface area contributed by atoms with Gasteiger partial charge < -0.3 is 5.11 Å². The molecule has 45 heavy (non-hydrogen) atoms. The standard InChI is InChI=1S/C37H46N4OS3/c1-2-3-14-34-36(44-45-37(34)43)31-23-32(27-40-19-15-38(16-20-40)25-29-10-6-4-7-11-29)35(42)33(24-31)28-41-21-17-39(18-22-41)26-30-12-8-5-9-13-30/h4-13,23-24,42H,2-3,14-22,25-28H2,1H3. The molecule has 3 aromatic carbocycles. The molecule has 8 heteroatoms. The van der Waals surface area contributed by atoms with Crippen LogP contribution in [0.2, 0.25) is 0 Å². The van der Waals surface area contributed by atoms with Gasteiger partial charge in [0, 0.05) is 89.7 Å². The smallest absolute Gasteiger partial charge is 0.124 e. The number of hydrogen-bond donors (Lipinski definition) is 1. The summed E-state index contributed by atoms with van der Waals surface area (Å²) in [5, 5.41) is 11.7. The van der Waals surface area contributed by atoms with Gasteiger partial charge in [-0.2, -0.15) is 0 Å². The van der Waals surface area contributed by atoms with E-state index in [4.69, 9.17) is 12.2 Å². The molecule has 0 saturated carbocycles. The fraction of sp³-hybridized carbons (Fsp3) is 0.432. The average molecular weight is 659 g/mol. The molecule has 0 atom stereocenters. The van der Waals surface area contributed by atoms with Crippen LogP contribution in [-0.4, -0.2) is 77.1 Å². The van der Waals surface area contributed by atoms with E-state index in [9.17, 15) is 5.11 Å². The van der Waals surface area contributed by atoms with Gasteiger partial charge in [0.2, 0.25) is 0 Å². The van der Waals surface area contributed by atoms with Crippen LogP contribution in [0.15, 0.2) is 72.8 Å². The molecular weight excluding hydrogens is 613 g/mol. The zero-order chi connectivity index (χ0) is 31.0. The number of phenolic OH excluding ortho intramolecular Hbond substituents is 1. The van der Waals surface area contributed by atoms with Gasteiger partial charge in [0.05, 0.1) is 4.88 Å². The molecule has 2 saturated heterocycles. The third-order valence-electron chi connectivity index (χ3n) is 9.25. The van der Waals surface area contributed by atoms with Crippen molar-refractivity contribution in [1.29, 1.82) is 0 Å². The summed E-state index contributed by atoms with van der Waals surface area (Å²) in [6.45, 7) is 14.0.